The van der Waals surface area contributed by atoms with E-state index in [0.29, 0.717) is 0 Å². The molecule has 1 aromatic heterocycles. The van der Waals surface area contributed by atoms with Crippen molar-refractivity contribution in [1.82, 2.24) is 10.2 Å². The highest BCUT2D eigenvalue weighted by Crippen LogP contribution is 2.35. The lowest BCUT2D eigenvalue weighted by Crippen LogP contribution is -2.48. The molecular formula is C16H26N2O2. The van der Waals surface area contributed by atoms with Crippen molar-refractivity contribution in [3.05, 3.63) is 24.2 Å². The zero-order valence-electron chi connectivity index (χ0n) is 12.4. The summed E-state index contributed by atoms with van der Waals surface area (Å²) in [5, 5.41) is 3.37. The quantitative estimate of drug-likeness (QED) is 0.830. The first-order chi connectivity index (χ1) is 9.81. The van der Waals surface area contributed by atoms with Crippen LogP contribution in [0, 0.1) is 5.41 Å². The molecule has 1 saturated heterocycles. The molecule has 1 atom stereocenters. The van der Waals surface area contributed by atoms with Gasteiger partial charge in [-0.05, 0) is 44.9 Å². The highest BCUT2D eigenvalue weighted by molar-refractivity contribution is 5.01. The molecule has 0 aromatic carbocycles. The van der Waals surface area contributed by atoms with Crippen LogP contribution in [0.25, 0.3) is 0 Å². The molecule has 1 unspecified atom stereocenters. The van der Waals surface area contributed by atoms with Crippen molar-refractivity contribution >= 4 is 0 Å². The van der Waals surface area contributed by atoms with E-state index in [0.717, 1.165) is 44.7 Å². The third kappa shape index (κ3) is 3.43. The third-order valence-electron chi connectivity index (χ3n) is 4.50. The van der Waals surface area contributed by atoms with Gasteiger partial charge in [0, 0.05) is 31.2 Å². The summed E-state index contributed by atoms with van der Waals surface area (Å²) in [6, 6.07) is 4.81. The van der Waals surface area contributed by atoms with Crippen LogP contribution in [0.4, 0.5) is 0 Å². The fourth-order valence-corrected chi connectivity index (χ4v) is 3.39. The molecule has 0 spiro atoms. The molecule has 1 aliphatic carbocycles. The van der Waals surface area contributed by atoms with Gasteiger partial charge in [-0.2, -0.15) is 0 Å². The summed E-state index contributed by atoms with van der Waals surface area (Å²) in [7, 11) is 2.05. The van der Waals surface area contributed by atoms with Crippen LogP contribution in [0.5, 0.6) is 0 Å². The van der Waals surface area contributed by atoms with Crippen molar-refractivity contribution in [2.24, 2.45) is 5.41 Å². The van der Waals surface area contributed by atoms with Gasteiger partial charge in [0.1, 0.15) is 5.76 Å². The lowest BCUT2D eigenvalue weighted by molar-refractivity contribution is -0.0289. The SMILES string of the molecule is CNCC1(CN(Cc2ccco2)C2CC2)CCCOC1. The number of rotatable bonds is 7. The molecule has 112 valence electrons. The second kappa shape index (κ2) is 6.29. The molecule has 2 heterocycles. The molecule has 4 heteroatoms. The molecule has 1 N–H and O–H groups in total. The largest absolute Gasteiger partial charge is 0.468 e. The minimum Gasteiger partial charge on any atom is -0.468 e. The molecule has 3 rings (SSSR count). The molecule has 0 amide bonds. The lowest BCUT2D eigenvalue weighted by Gasteiger charge is -2.41. The first-order valence-electron chi connectivity index (χ1n) is 7.80. The van der Waals surface area contributed by atoms with Crippen molar-refractivity contribution in [3.8, 4) is 0 Å². The standard InChI is InChI=1S/C16H26N2O2/c1-17-11-16(7-3-8-19-13-16)12-18(14-5-6-14)10-15-4-2-9-20-15/h2,4,9,14,17H,3,5-8,10-13H2,1H3. The van der Waals surface area contributed by atoms with Crippen LogP contribution >= 0.6 is 0 Å². The topological polar surface area (TPSA) is 37.6 Å². The average molecular weight is 278 g/mol. The van der Waals surface area contributed by atoms with Crippen LogP contribution in [0.1, 0.15) is 31.4 Å². The molecule has 1 aliphatic heterocycles. The van der Waals surface area contributed by atoms with Gasteiger partial charge < -0.3 is 14.5 Å². The summed E-state index contributed by atoms with van der Waals surface area (Å²) >= 11 is 0. The summed E-state index contributed by atoms with van der Waals surface area (Å²) in [6.07, 6.45) is 6.87. The van der Waals surface area contributed by atoms with Gasteiger partial charge in [0.25, 0.3) is 0 Å². The Morgan fingerprint density at radius 3 is 2.95 bits per heavy atom. The van der Waals surface area contributed by atoms with E-state index in [9.17, 15) is 0 Å². The number of hydrogen-bond donors (Lipinski definition) is 1. The van der Waals surface area contributed by atoms with E-state index in [1.807, 2.05) is 13.1 Å². The van der Waals surface area contributed by atoms with Crippen molar-refractivity contribution in [1.29, 1.82) is 0 Å². The first kappa shape index (κ1) is 14.1. The van der Waals surface area contributed by atoms with E-state index in [2.05, 4.69) is 16.3 Å². The summed E-state index contributed by atoms with van der Waals surface area (Å²) in [4.78, 5) is 2.60. The van der Waals surface area contributed by atoms with Crippen LogP contribution in [-0.2, 0) is 11.3 Å². The molecular weight excluding hydrogens is 252 g/mol. The molecule has 2 fully saturated rings. The van der Waals surface area contributed by atoms with E-state index >= 15 is 0 Å². The normalized spacial score (nSPS) is 27.1. The minimum atomic E-state index is 0.266. The van der Waals surface area contributed by atoms with Crippen molar-refractivity contribution < 1.29 is 9.15 Å². The smallest absolute Gasteiger partial charge is 0.117 e. The average Bonchev–Trinajstić information content (AvgIpc) is 3.18. The van der Waals surface area contributed by atoms with Gasteiger partial charge in [-0.1, -0.05) is 0 Å². The van der Waals surface area contributed by atoms with E-state index in [4.69, 9.17) is 9.15 Å². The van der Waals surface area contributed by atoms with Crippen molar-refractivity contribution in [3.63, 3.8) is 0 Å². The second-order valence-electron chi connectivity index (χ2n) is 6.40. The number of nitrogens with one attached hydrogen (secondary N) is 1. The number of hydrogen-bond acceptors (Lipinski definition) is 4. The summed E-state index contributed by atoms with van der Waals surface area (Å²) in [5.41, 5.74) is 0.266. The van der Waals surface area contributed by atoms with Gasteiger partial charge >= 0.3 is 0 Å². The Hall–Kier alpha value is -0.840. The van der Waals surface area contributed by atoms with Crippen molar-refractivity contribution in [2.75, 3.05) is 33.4 Å². The maximum Gasteiger partial charge on any atom is 0.117 e. The van der Waals surface area contributed by atoms with Gasteiger partial charge in [0.2, 0.25) is 0 Å². The highest BCUT2D eigenvalue weighted by Gasteiger charge is 2.39. The van der Waals surface area contributed by atoms with Crippen LogP contribution in [0.2, 0.25) is 0 Å². The molecule has 20 heavy (non-hydrogen) atoms. The Labute approximate surface area is 121 Å². The van der Waals surface area contributed by atoms with E-state index in [1.54, 1.807) is 6.26 Å². The molecule has 4 nitrogen and oxygen atoms in total. The van der Waals surface area contributed by atoms with Gasteiger partial charge in [-0.15, -0.1) is 0 Å². The van der Waals surface area contributed by atoms with Gasteiger partial charge in [0.05, 0.1) is 19.4 Å². The van der Waals surface area contributed by atoms with Crippen LogP contribution in [0.3, 0.4) is 0 Å². The molecule has 0 bridgehead atoms. The van der Waals surface area contributed by atoms with Crippen LogP contribution in [-0.4, -0.2) is 44.3 Å². The summed E-state index contributed by atoms with van der Waals surface area (Å²) in [6.45, 7) is 4.89. The fourth-order valence-electron chi connectivity index (χ4n) is 3.39. The Morgan fingerprint density at radius 1 is 1.45 bits per heavy atom. The molecule has 1 saturated carbocycles. The number of nitrogens with zero attached hydrogens (tertiary/aromatic N) is 1. The van der Waals surface area contributed by atoms with E-state index in [1.165, 1.54) is 25.7 Å². The Morgan fingerprint density at radius 2 is 2.35 bits per heavy atom. The minimum absolute atomic E-state index is 0.266. The van der Waals surface area contributed by atoms with Gasteiger partial charge in [-0.3, -0.25) is 4.90 Å². The highest BCUT2D eigenvalue weighted by atomic mass is 16.5. The first-order valence-corrected chi connectivity index (χ1v) is 7.80. The van der Waals surface area contributed by atoms with E-state index in [-0.39, 0.29) is 5.41 Å². The summed E-state index contributed by atoms with van der Waals surface area (Å²) < 4.78 is 11.3. The lowest BCUT2D eigenvalue weighted by atomic mass is 9.81. The second-order valence-corrected chi connectivity index (χ2v) is 6.40. The monoisotopic (exact) mass is 278 g/mol. The Bertz CT molecular complexity index is 389. The molecule has 0 radical (unpaired) electrons. The third-order valence-corrected chi connectivity index (χ3v) is 4.50. The van der Waals surface area contributed by atoms with Crippen LogP contribution in [0.15, 0.2) is 22.8 Å². The van der Waals surface area contributed by atoms with Crippen LogP contribution < -0.4 is 5.32 Å². The van der Waals surface area contributed by atoms with Crippen molar-refractivity contribution in [2.45, 2.75) is 38.3 Å². The van der Waals surface area contributed by atoms with Gasteiger partial charge in [-0.25, -0.2) is 0 Å². The maximum atomic E-state index is 5.78. The molecule has 2 aliphatic rings. The van der Waals surface area contributed by atoms with E-state index < -0.39 is 0 Å². The Kier molecular flexibility index (Phi) is 4.44. The molecule has 1 aromatic rings. The zero-order valence-corrected chi connectivity index (χ0v) is 12.4. The number of furan rings is 1. The Balaban J connectivity index is 1.67. The van der Waals surface area contributed by atoms with Gasteiger partial charge in [0.15, 0.2) is 0 Å². The summed E-state index contributed by atoms with van der Waals surface area (Å²) in [5.74, 6) is 1.08. The maximum absolute atomic E-state index is 5.78. The predicted molar refractivity (Wildman–Crippen MR) is 78.6 cm³/mol. The predicted octanol–water partition coefficient (Wildman–Crippen LogP) is 2.26. The zero-order chi connectivity index (χ0) is 13.8. The number of ether oxygens (including phenoxy) is 1. The fraction of sp³-hybridized carbons (Fsp3) is 0.750.